The van der Waals surface area contributed by atoms with Crippen LogP contribution in [0.2, 0.25) is 5.02 Å². The second-order valence-electron chi connectivity index (χ2n) is 5.77. The van der Waals surface area contributed by atoms with Gasteiger partial charge in [-0.1, -0.05) is 17.7 Å². The molecule has 1 aliphatic rings. The Morgan fingerprint density at radius 3 is 3.04 bits per heavy atom. The third-order valence-electron chi connectivity index (χ3n) is 4.41. The van der Waals surface area contributed by atoms with E-state index in [1.165, 1.54) is 0 Å². The molecular weight excluding hydrogens is 312 g/mol. The van der Waals surface area contributed by atoms with Crippen LogP contribution in [0, 0.1) is 6.92 Å². The number of urea groups is 1. The second kappa shape index (κ2) is 6.62. The number of benzene rings is 1. The molecule has 0 aliphatic carbocycles. The van der Waals surface area contributed by atoms with Crippen LogP contribution in [0.5, 0.6) is 0 Å². The number of aromatic nitrogens is 2. The summed E-state index contributed by atoms with van der Waals surface area (Å²) >= 11 is 6.13. The van der Waals surface area contributed by atoms with Gasteiger partial charge in [0.05, 0.1) is 11.7 Å². The highest BCUT2D eigenvalue weighted by Gasteiger charge is 2.32. The number of halogens is 1. The summed E-state index contributed by atoms with van der Waals surface area (Å²) in [5, 5.41) is 7.98. The topological polar surface area (TPSA) is 50.2 Å². The van der Waals surface area contributed by atoms with Gasteiger partial charge < -0.3 is 10.2 Å². The van der Waals surface area contributed by atoms with Crippen LogP contribution >= 0.6 is 11.6 Å². The molecule has 6 heteroatoms. The van der Waals surface area contributed by atoms with Gasteiger partial charge in [-0.05, 0) is 50.5 Å². The molecule has 1 aliphatic heterocycles. The third kappa shape index (κ3) is 3.06. The van der Waals surface area contributed by atoms with Gasteiger partial charge in [0.15, 0.2) is 0 Å². The van der Waals surface area contributed by atoms with Gasteiger partial charge in [-0.2, -0.15) is 5.10 Å². The number of nitrogens with one attached hydrogen (secondary N) is 1. The lowest BCUT2D eigenvalue weighted by Gasteiger charge is -2.26. The van der Waals surface area contributed by atoms with Crippen molar-refractivity contribution in [1.29, 1.82) is 0 Å². The highest BCUT2D eigenvalue weighted by molar-refractivity contribution is 6.31. The summed E-state index contributed by atoms with van der Waals surface area (Å²) in [6.07, 6.45) is 3.77. The van der Waals surface area contributed by atoms with Gasteiger partial charge in [0.2, 0.25) is 0 Å². The number of likely N-dealkylation sites (tertiary alicyclic amines) is 1. The zero-order chi connectivity index (χ0) is 16.4. The normalized spacial score (nSPS) is 17.5. The van der Waals surface area contributed by atoms with E-state index in [-0.39, 0.29) is 12.1 Å². The summed E-state index contributed by atoms with van der Waals surface area (Å²) in [6, 6.07) is 7.55. The Morgan fingerprint density at radius 2 is 2.26 bits per heavy atom. The molecule has 2 heterocycles. The molecule has 3 rings (SSSR count). The van der Waals surface area contributed by atoms with Crippen molar-refractivity contribution in [2.45, 2.75) is 39.3 Å². The predicted molar refractivity (Wildman–Crippen MR) is 91.8 cm³/mol. The van der Waals surface area contributed by atoms with Crippen molar-refractivity contribution in [3.05, 3.63) is 46.7 Å². The summed E-state index contributed by atoms with van der Waals surface area (Å²) < 4.78 is 1.96. The molecule has 1 fully saturated rings. The van der Waals surface area contributed by atoms with Crippen molar-refractivity contribution >= 4 is 23.3 Å². The van der Waals surface area contributed by atoms with Crippen LogP contribution in [0.15, 0.2) is 30.5 Å². The number of carbonyl (C=O) groups is 1. The van der Waals surface area contributed by atoms with E-state index in [0.29, 0.717) is 5.02 Å². The molecule has 0 radical (unpaired) electrons. The number of nitrogens with zero attached hydrogens (tertiary/aromatic N) is 3. The number of rotatable bonds is 3. The third-order valence-corrected chi connectivity index (χ3v) is 4.82. The lowest BCUT2D eigenvalue weighted by Crippen LogP contribution is -2.35. The lowest BCUT2D eigenvalue weighted by molar-refractivity contribution is 0.204. The van der Waals surface area contributed by atoms with Crippen LogP contribution in [0.3, 0.4) is 0 Å². The molecule has 1 saturated heterocycles. The number of aryl methyl sites for hydroxylation is 1. The van der Waals surface area contributed by atoms with Gasteiger partial charge in [-0.25, -0.2) is 4.79 Å². The standard InChI is InChI=1S/C17H21ClN4O/c1-3-22-16(9-10-19-22)15-8-5-11-21(15)17(23)20-14-7-4-6-13(18)12(14)2/h4,6-7,9-10,15H,3,5,8,11H2,1-2H3,(H,20,23). The zero-order valence-corrected chi connectivity index (χ0v) is 14.2. The van der Waals surface area contributed by atoms with Gasteiger partial charge in [-0.3, -0.25) is 4.68 Å². The average molecular weight is 333 g/mol. The molecule has 0 spiro atoms. The smallest absolute Gasteiger partial charge is 0.316 e. The monoisotopic (exact) mass is 332 g/mol. The largest absolute Gasteiger partial charge is 0.322 e. The van der Waals surface area contributed by atoms with E-state index in [4.69, 9.17) is 11.6 Å². The first-order valence-electron chi connectivity index (χ1n) is 7.96. The maximum Gasteiger partial charge on any atom is 0.322 e. The fourth-order valence-corrected chi connectivity index (χ4v) is 3.31. The minimum absolute atomic E-state index is 0.0805. The second-order valence-corrected chi connectivity index (χ2v) is 6.17. The summed E-state index contributed by atoms with van der Waals surface area (Å²) in [6.45, 7) is 5.53. The summed E-state index contributed by atoms with van der Waals surface area (Å²) in [5.74, 6) is 0. The molecule has 1 aromatic carbocycles. The van der Waals surface area contributed by atoms with E-state index in [0.717, 1.165) is 42.9 Å². The lowest BCUT2D eigenvalue weighted by atomic mass is 10.1. The van der Waals surface area contributed by atoms with E-state index in [9.17, 15) is 4.79 Å². The average Bonchev–Trinajstić information content (AvgIpc) is 3.19. The summed E-state index contributed by atoms with van der Waals surface area (Å²) in [4.78, 5) is 14.6. The van der Waals surface area contributed by atoms with E-state index in [1.807, 2.05) is 40.8 Å². The van der Waals surface area contributed by atoms with E-state index in [1.54, 1.807) is 6.20 Å². The first-order chi connectivity index (χ1) is 11.1. The molecule has 1 unspecified atom stereocenters. The molecule has 1 atom stereocenters. The molecule has 2 aromatic rings. The Labute approximate surface area is 141 Å². The van der Waals surface area contributed by atoms with Crippen LogP contribution < -0.4 is 5.32 Å². The van der Waals surface area contributed by atoms with Crippen molar-refractivity contribution < 1.29 is 4.79 Å². The molecule has 122 valence electrons. The predicted octanol–water partition coefficient (Wildman–Crippen LogP) is 4.23. The van der Waals surface area contributed by atoms with Gasteiger partial charge in [0.25, 0.3) is 0 Å². The van der Waals surface area contributed by atoms with E-state index < -0.39 is 0 Å². The summed E-state index contributed by atoms with van der Waals surface area (Å²) in [5.41, 5.74) is 2.75. The van der Waals surface area contributed by atoms with Crippen LogP contribution in [0.1, 0.15) is 37.1 Å². The fourth-order valence-electron chi connectivity index (χ4n) is 3.14. The molecule has 2 amide bonds. The maximum absolute atomic E-state index is 12.7. The van der Waals surface area contributed by atoms with Crippen molar-refractivity contribution in [2.24, 2.45) is 0 Å². The van der Waals surface area contributed by atoms with Crippen LogP contribution in [0.25, 0.3) is 0 Å². The molecule has 1 N–H and O–H groups in total. The Kier molecular flexibility index (Phi) is 4.57. The Morgan fingerprint density at radius 1 is 1.43 bits per heavy atom. The molecular formula is C17H21ClN4O. The highest BCUT2D eigenvalue weighted by Crippen LogP contribution is 2.33. The molecule has 23 heavy (non-hydrogen) atoms. The van der Waals surface area contributed by atoms with Gasteiger partial charge in [0, 0.05) is 30.0 Å². The first-order valence-corrected chi connectivity index (χ1v) is 8.34. The van der Waals surface area contributed by atoms with Gasteiger partial charge in [0.1, 0.15) is 0 Å². The number of hydrogen-bond donors (Lipinski definition) is 1. The fraction of sp³-hybridized carbons (Fsp3) is 0.412. The van der Waals surface area contributed by atoms with E-state index in [2.05, 4.69) is 17.3 Å². The minimum atomic E-state index is -0.0817. The van der Waals surface area contributed by atoms with Crippen molar-refractivity contribution in [1.82, 2.24) is 14.7 Å². The maximum atomic E-state index is 12.7. The number of carbonyl (C=O) groups excluding carboxylic acids is 1. The number of amides is 2. The molecule has 5 nitrogen and oxygen atoms in total. The van der Waals surface area contributed by atoms with Gasteiger partial charge in [-0.15, -0.1) is 0 Å². The summed E-state index contributed by atoms with van der Waals surface area (Å²) in [7, 11) is 0. The molecule has 1 aromatic heterocycles. The Hall–Kier alpha value is -2.01. The van der Waals surface area contributed by atoms with Crippen molar-refractivity contribution in [3.8, 4) is 0 Å². The first kappa shape index (κ1) is 15.9. The van der Waals surface area contributed by atoms with Crippen molar-refractivity contribution in [3.63, 3.8) is 0 Å². The minimum Gasteiger partial charge on any atom is -0.316 e. The number of hydrogen-bond acceptors (Lipinski definition) is 2. The highest BCUT2D eigenvalue weighted by atomic mass is 35.5. The number of anilines is 1. The van der Waals surface area contributed by atoms with E-state index >= 15 is 0 Å². The molecule has 0 saturated carbocycles. The van der Waals surface area contributed by atoms with Crippen LogP contribution in [-0.4, -0.2) is 27.3 Å². The quantitative estimate of drug-likeness (QED) is 0.914. The van der Waals surface area contributed by atoms with Gasteiger partial charge >= 0.3 is 6.03 Å². The Balaban J connectivity index is 1.80. The van der Waals surface area contributed by atoms with Crippen molar-refractivity contribution in [2.75, 3.05) is 11.9 Å². The Bertz CT molecular complexity index is 712. The SMILES string of the molecule is CCn1nccc1C1CCCN1C(=O)Nc1cccc(Cl)c1C. The van der Waals surface area contributed by atoms with Crippen LogP contribution in [-0.2, 0) is 6.54 Å². The zero-order valence-electron chi connectivity index (χ0n) is 13.4. The van der Waals surface area contributed by atoms with Crippen LogP contribution in [0.4, 0.5) is 10.5 Å². The molecule has 0 bridgehead atoms.